The summed E-state index contributed by atoms with van der Waals surface area (Å²) in [7, 11) is 0. The Kier molecular flexibility index (Phi) is 8.89. The molecule has 0 spiro atoms. The molecule has 45 heavy (non-hydrogen) atoms. The van der Waals surface area contributed by atoms with Gasteiger partial charge in [-0.25, -0.2) is 4.79 Å². The lowest BCUT2D eigenvalue weighted by Gasteiger charge is -2.28. The maximum Gasteiger partial charge on any atom is 0.329 e. The molecule has 248 valence electrons. The number of hydrogen-bond acceptors (Lipinski definition) is 11. The molecule has 13 nitrogen and oxygen atoms in total. The SMILES string of the molecule is C=CCO[C@@H]1[C@H]([C@H](O)Cn2c(=O)n(C[C@H](O)[C@@H]3O[C@@H]4OC(C)(C)O[C@@H]4[C@@H]3OCC=C)c3cc(C)ccc32)O[C@H]2OC(C)(C)O[C@@H]21. The maximum atomic E-state index is 14.0. The molecule has 0 aliphatic carbocycles. The molecule has 1 aromatic carbocycles. The Morgan fingerprint density at radius 1 is 0.822 bits per heavy atom. The third-order valence-corrected chi connectivity index (χ3v) is 8.54. The van der Waals surface area contributed by atoms with E-state index in [1.54, 1.807) is 39.8 Å². The van der Waals surface area contributed by atoms with E-state index in [1.165, 1.54) is 9.13 Å². The van der Waals surface area contributed by atoms with Crippen LogP contribution in [0.3, 0.4) is 0 Å². The number of ether oxygens (including phenoxy) is 8. The van der Waals surface area contributed by atoms with Gasteiger partial charge in [-0.3, -0.25) is 9.13 Å². The molecule has 1 aromatic heterocycles. The number of rotatable bonds is 12. The van der Waals surface area contributed by atoms with E-state index >= 15 is 0 Å². The summed E-state index contributed by atoms with van der Waals surface area (Å²) in [6, 6.07) is 5.58. The van der Waals surface area contributed by atoms with Gasteiger partial charge in [-0.05, 0) is 52.3 Å². The first-order valence-electron chi connectivity index (χ1n) is 15.4. The van der Waals surface area contributed by atoms with Gasteiger partial charge in [-0.2, -0.15) is 0 Å². The zero-order valence-corrected chi connectivity index (χ0v) is 26.4. The lowest BCUT2D eigenvalue weighted by molar-refractivity contribution is -0.229. The smallest absolute Gasteiger partial charge is 0.329 e. The molecule has 6 rings (SSSR count). The number of fused-ring (bicyclic) bond motifs is 3. The van der Waals surface area contributed by atoms with E-state index < -0.39 is 78.7 Å². The molecule has 4 aliphatic rings. The van der Waals surface area contributed by atoms with Crippen LogP contribution in [0.4, 0.5) is 0 Å². The lowest BCUT2D eigenvalue weighted by Crippen LogP contribution is -2.46. The zero-order valence-electron chi connectivity index (χ0n) is 26.4. The lowest BCUT2D eigenvalue weighted by atomic mass is 10.1. The van der Waals surface area contributed by atoms with Gasteiger partial charge in [0.25, 0.3) is 0 Å². The molecule has 2 aromatic rings. The first kappa shape index (κ1) is 32.5. The summed E-state index contributed by atoms with van der Waals surface area (Å²) in [5.41, 5.74) is 1.69. The van der Waals surface area contributed by atoms with Crippen molar-refractivity contribution in [1.29, 1.82) is 0 Å². The van der Waals surface area contributed by atoms with Gasteiger partial charge in [0.05, 0.1) is 37.3 Å². The molecule has 2 N–H and O–H groups in total. The summed E-state index contributed by atoms with van der Waals surface area (Å²) in [5, 5.41) is 23.0. The number of hydrogen-bond donors (Lipinski definition) is 2. The molecule has 13 heteroatoms. The van der Waals surface area contributed by atoms with Gasteiger partial charge in [0, 0.05) is 0 Å². The summed E-state index contributed by atoms with van der Waals surface area (Å²) in [5.74, 6) is -1.73. The number of aromatic nitrogens is 2. The number of benzene rings is 1. The average molecular weight is 633 g/mol. The van der Waals surface area contributed by atoms with E-state index in [1.807, 2.05) is 25.1 Å². The second-order valence-electron chi connectivity index (χ2n) is 12.9. The van der Waals surface area contributed by atoms with Crippen LogP contribution in [0.2, 0.25) is 0 Å². The number of aryl methyl sites for hydroxylation is 1. The Morgan fingerprint density at radius 2 is 1.29 bits per heavy atom. The van der Waals surface area contributed by atoms with E-state index in [0.29, 0.717) is 11.0 Å². The molecule has 4 aliphatic heterocycles. The third kappa shape index (κ3) is 6.19. The van der Waals surface area contributed by atoms with Crippen molar-refractivity contribution in [2.45, 2.75) is 121 Å². The summed E-state index contributed by atoms with van der Waals surface area (Å²) in [6.45, 7) is 16.7. The van der Waals surface area contributed by atoms with Crippen LogP contribution in [0.25, 0.3) is 11.0 Å². The second-order valence-corrected chi connectivity index (χ2v) is 12.9. The van der Waals surface area contributed by atoms with Crippen LogP contribution >= 0.6 is 0 Å². The van der Waals surface area contributed by atoms with E-state index in [2.05, 4.69) is 13.2 Å². The fourth-order valence-electron chi connectivity index (χ4n) is 6.73. The second kappa shape index (κ2) is 12.3. The van der Waals surface area contributed by atoms with Crippen LogP contribution < -0.4 is 5.69 Å². The molecule has 0 radical (unpaired) electrons. The Hall–Kier alpha value is -2.43. The minimum absolute atomic E-state index is 0.102. The normalized spacial score (nSPS) is 34.6. The van der Waals surface area contributed by atoms with Crippen molar-refractivity contribution in [3.05, 3.63) is 59.6 Å². The first-order valence-corrected chi connectivity index (χ1v) is 15.4. The van der Waals surface area contributed by atoms with Gasteiger partial charge in [-0.15, -0.1) is 13.2 Å². The zero-order chi connectivity index (χ0) is 32.3. The van der Waals surface area contributed by atoms with Crippen LogP contribution in [0, 0.1) is 6.92 Å². The highest BCUT2D eigenvalue weighted by Crippen LogP contribution is 2.41. The molecule has 4 fully saturated rings. The van der Waals surface area contributed by atoms with Crippen LogP contribution in [0.15, 0.2) is 48.3 Å². The van der Waals surface area contributed by atoms with Crippen molar-refractivity contribution >= 4 is 11.0 Å². The summed E-state index contributed by atoms with van der Waals surface area (Å²) >= 11 is 0. The van der Waals surface area contributed by atoms with Crippen molar-refractivity contribution in [3.63, 3.8) is 0 Å². The molecular weight excluding hydrogens is 588 g/mol. The minimum atomic E-state index is -1.16. The van der Waals surface area contributed by atoms with Crippen molar-refractivity contribution in [2.24, 2.45) is 0 Å². The number of aliphatic hydroxyl groups is 2. The Labute approximate surface area is 261 Å². The van der Waals surface area contributed by atoms with Crippen LogP contribution in [0.1, 0.15) is 33.3 Å². The number of aliphatic hydroxyl groups excluding tert-OH is 2. The first-order chi connectivity index (χ1) is 21.3. The summed E-state index contributed by atoms with van der Waals surface area (Å²) < 4.78 is 50.9. The molecule has 0 unspecified atom stereocenters. The van der Waals surface area contributed by atoms with Crippen LogP contribution in [0.5, 0.6) is 0 Å². The molecule has 0 amide bonds. The van der Waals surface area contributed by atoms with Gasteiger partial charge in [0.1, 0.15) is 48.8 Å². The minimum Gasteiger partial charge on any atom is -0.388 e. The summed E-state index contributed by atoms with van der Waals surface area (Å²) in [4.78, 5) is 14.0. The average Bonchev–Trinajstić information content (AvgIpc) is 3.70. The van der Waals surface area contributed by atoms with Crippen molar-refractivity contribution in [1.82, 2.24) is 9.13 Å². The van der Waals surface area contributed by atoms with Crippen molar-refractivity contribution in [3.8, 4) is 0 Å². The third-order valence-electron chi connectivity index (χ3n) is 8.54. The Balaban J connectivity index is 1.25. The predicted octanol–water partition coefficient (Wildman–Crippen LogP) is 1.73. The van der Waals surface area contributed by atoms with Crippen LogP contribution in [-0.2, 0) is 51.0 Å². The topological polar surface area (TPSA) is 141 Å². The van der Waals surface area contributed by atoms with Gasteiger partial charge >= 0.3 is 5.69 Å². The van der Waals surface area contributed by atoms with E-state index in [9.17, 15) is 15.0 Å². The largest absolute Gasteiger partial charge is 0.388 e. The van der Waals surface area contributed by atoms with E-state index in [0.717, 1.165) is 5.56 Å². The van der Waals surface area contributed by atoms with E-state index in [4.69, 9.17) is 37.9 Å². The molecule has 0 bridgehead atoms. The highest BCUT2D eigenvalue weighted by atomic mass is 16.9. The fourth-order valence-corrected chi connectivity index (χ4v) is 6.73. The van der Waals surface area contributed by atoms with Gasteiger partial charge in [0.2, 0.25) is 0 Å². The maximum absolute atomic E-state index is 14.0. The van der Waals surface area contributed by atoms with E-state index in [-0.39, 0.29) is 26.3 Å². The number of nitrogens with zero attached hydrogens (tertiary/aromatic N) is 2. The molecule has 10 atom stereocenters. The van der Waals surface area contributed by atoms with Gasteiger partial charge < -0.3 is 48.1 Å². The highest BCUT2D eigenvalue weighted by molar-refractivity contribution is 5.77. The standard InChI is InChI=1S/C32H44N2O11/c1-8-12-38-24-22(40-28-26(24)42-31(4,5)44-28)20(35)15-33-18-11-10-17(3)14-19(18)34(30(33)37)16-21(36)23-25(39-13-9-2)27-29(41-23)45-32(6,7)43-27/h8-11,14,20-29,35-36H,1-2,12-13,15-16H2,3-7H3/t20-,21+,22+,23+,24-,25-,26-,27-,28+,29-/m1/s1. The van der Waals surface area contributed by atoms with Gasteiger partial charge in [0.15, 0.2) is 24.2 Å². The molecule has 4 saturated heterocycles. The predicted molar refractivity (Wildman–Crippen MR) is 160 cm³/mol. The van der Waals surface area contributed by atoms with Crippen molar-refractivity contribution in [2.75, 3.05) is 13.2 Å². The Morgan fingerprint density at radius 3 is 1.76 bits per heavy atom. The van der Waals surface area contributed by atoms with Crippen LogP contribution in [-0.4, -0.2) is 106 Å². The molecule has 5 heterocycles. The number of imidazole rings is 1. The summed E-state index contributed by atoms with van der Waals surface area (Å²) in [6.07, 6.45) is -4.66. The van der Waals surface area contributed by atoms with Gasteiger partial charge in [-0.1, -0.05) is 18.2 Å². The molecule has 0 saturated carbocycles. The quantitative estimate of drug-likeness (QED) is 0.331. The fraction of sp³-hybridized carbons (Fsp3) is 0.656. The monoisotopic (exact) mass is 632 g/mol. The highest BCUT2D eigenvalue weighted by Gasteiger charge is 2.58. The molecular formula is C32H44N2O11. The Bertz CT molecular complexity index is 1470. The van der Waals surface area contributed by atoms with Crippen molar-refractivity contribution < 1.29 is 48.1 Å².